The Kier molecular flexibility index (Phi) is 4.98. The molecular weight excluding hydrogens is 453 g/mol. The van der Waals surface area contributed by atoms with Crippen LogP contribution in [0.5, 0.6) is 0 Å². The average molecular weight is 472 g/mol. The summed E-state index contributed by atoms with van der Waals surface area (Å²) in [6.07, 6.45) is -0.240. The molecule has 10 heteroatoms. The van der Waals surface area contributed by atoms with Gasteiger partial charge in [0, 0.05) is 28.7 Å². The molecular formula is C23H19ClFN3O5. The lowest BCUT2D eigenvalue weighted by Crippen LogP contribution is -2.53. The minimum absolute atomic E-state index is 0.0229. The third kappa shape index (κ3) is 3.14. The molecule has 33 heavy (non-hydrogen) atoms. The van der Waals surface area contributed by atoms with Gasteiger partial charge in [-0.3, -0.25) is 29.4 Å². The number of carboxylic acid groups (broad SMARTS) is 1. The van der Waals surface area contributed by atoms with E-state index in [1.807, 2.05) is 0 Å². The highest BCUT2D eigenvalue weighted by atomic mass is 35.5. The van der Waals surface area contributed by atoms with E-state index in [1.54, 1.807) is 24.3 Å². The molecule has 2 aromatic carbocycles. The number of benzene rings is 2. The summed E-state index contributed by atoms with van der Waals surface area (Å²) in [6.45, 7) is -0.0797. The summed E-state index contributed by atoms with van der Waals surface area (Å²) in [4.78, 5) is 52.6. The SMILES string of the molecule is O=C(O)CCC1NC2(C(=O)Nc3ccc(F)cc32)[C@@H]2C(=O)N(Cc3ccccc3Cl)C(=O)[C@H]12. The number of carbonyl (C=O) groups excluding carboxylic acids is 3. The van der Waals surface area contributed by atoms with Gasteiger partial charge in [-0.05, 0) is 36.2 Å². The van der Waals surface area contributed by atoms with E-state index in [1.165, 1.54) is 18.2 Å². The number of nitrogens with one attached hydrogen (secondary N) is 2. The molecule has 1 spiro atoms. The maximum Gasteiger partial charge on any atom is 0.303 e. The highest BCUT2D eigenvalue weighted by molar-refractivity contribution is 6.31. The molecule has 4 atom stereocenters. The van der Waals surface area contributed by atoms with Gasteiger partial charge in [0.1, 0.15) is 11.4 Å². The molecule has 3 amide bonds. The van der Waals surface area contributed by atoms with E-state index in [4.69, 9.17) is 11.6 Å². The van der Waals surface area contributed by atoms with E-state index in [-0.39, 0.29) is 24.9 Å². The molecule has 3 aliphatic heterocycles. The molecule has 2 saturated heterocycles. The summed E-state index contributed by atoms with van der Waals surface area (Å²) < 4.78 is 14.2. The minimum atomic E-state index is -1.67. The molecule has 2 aromatic rings. The number of halogens is 2. The Bertz CT molecular complexity index is 1220. The molecule has 0 aromatic heterocycles. The van der Waals surface area contributed by atoms with E-state index in [0.29, 0.717) is 16.3 Å². The predicted octanol–water partition coefficient (Wildman–Crippen LogP) is 2.26. The molecule has 0 radical (unpaired) electrons. The number of rotatable bonds is 5. The van der Waals surface area contributed by atoms with Crippen molar-refractivity contribution in [1.29, 1.82) is 0 Å². The van der Waals surface area contributed by atoms with Crippen LogP contribution in [0.1, 0.15) is 24.0 Å². The van der Waals surface area contributed by atoms with E-state index in [9.17, 15) is 28.7 Å². The van der Waals surface area contributed by atoms with Crippen molar-refractivity contribution in [3.63, 3.8) is 0 Å². The van der Waals surface area contributed by atoms with Crippen LogP contribution in [-0.4, -0.2) is 39.7 Å². The fraction of sp³-hybridized carbons (Fsp3) is 0.304. The lowest BCUT2D eigenvalue weighted by atomic mass is 9.76. The zero-order valence-electron chi connectivity index (χ0n) is 17.2. The van der Waals surface area contributed by atoms with Gasteiger partial charge < -0.3 is 10.4 Å². The lowest BCUT2D eigenvalue weighted by Gasteiger charge is -2.29. The quantitative estimate of drug-likeness (QED) is 0.576. The maximum absolute atomic E-state index is 14.2. The molecule has 170 valence electrons. The molecule has 0 saturated carbocycles. The Morgan fingerprint density at radius 3 is 2.64 bits per heavy atom. The summed E-state index contributed by atoms with van der Waals surface area (Å²) in [5.41, 5.74) is -0.530. The predicted molar refractivity (Wildman–Crippen MR) is 114 cm³/mol. The van der Waals surface area contributed by atoms with E-state index < -0.39 is 52.9 Å². The molecule has 3 aliphatic rings. The van der Waals surface area contributed by atoms with Gasteiger partial charge in [0.2, 0.25) is 17.7 Å². The van der Waals surface area contributed by atoms with E-state index in [0.717, 1.165) is 4.90 Å². The van der Waals surface area contributed by atoms with Gasteiger partial charge in [0.05, 0.1) is 18.4 Å². The average Bonchev–Trinajstić information content (AvgIpc) is 3.34. The Hall–Kier alpha value is -3.30. The highest BCUT2D eigenvalue weighted by Gasteiger charge is 2.70. The van der Waals surface area contributed by atoms with Crippen molar-refractivity contribution >= 4 is 41.0 Å². The summed E-state index contributed by atoms with van der Waals surface area (Å²) >= 11 is 6.23. The van der Waals surface area contributed by atoms with Crippen molar-refractivity contribution in [2.45, 2.75) is 31.0 Å². The summed E-state index contributed by atoms with van der Waals surface area (Å²) in [6, 6.07) is 9.80. The minimum Gasteiger partial charge on any atom is -0.481 e. The van der Waals surface area contributed by atoms with Gasteiger partial charge in [0.15, 0.2) is 0 Å². The Labute approximate surface area is 192 Å². The van der Waals surface area contributed by atoms with Crippen LogP contribution < -0.4 is 10.6 Å². The summed E-state index contributed by atoms with van der Waals surface area (Å²) in [5.74, 6) is -5.45. The van der Waals surface area contributed by atoms with Gasteiger partial charge in [-0.2, -0.15) is 0 Å². The van der Waals surface area contributed by atoms with Crippen LogP contribution in [0, 0.1) is 17.7 Å². The summed E-state index contributed by atoms with van der Waals surface area (Å²) in [7, 11) is 0. The van der Waals surface area contributed by atoms with Gasteiger partial charge in [-0.1, -0.05) is 29.8 Å². The van der Waals surface area contributed by atoms with Crippen molar-refractivity contribution in [2.75, 3.05) is 5.32 Å². The zero-order chi connectivity index (χ0) is 23.5. The number of nitrogens with zero attached hydrogens (tertiary/aromatic N) is 1. The first-order chi connectivity index (χ1) is 15.7. The van der Waals surface area contributed by atoms with Crippen LogP contribution in [0.3, 0.4) is 0 Å². The van der Waals surface area contributed by atoms with Gasteiger partial charge in [-0.15, -0.1) is 0 Å². The third-order valence-corrected chi connectivity index (χ3v) is 7.09. The molecule has 8 nitrogen and oxygen atoms in total. The second kappa shape index (κ2) is 7.64. The molecule has 3 heterocycles. The lowest BCUT2D eigenvalue weighted by molar-refractivity contribution is -0.144. The number of carbonyl (C=O) groups is 4. The van der Waals surface area contributed by atoms with Crippen molar-refractivity contribution in [2.24, 2.45) is 11.8 Å². The van der Waals surface area contributed by atoms with Gasteiger partial charge >= 0.3 is 5.97 Å². The molecule has 2 fully saturated rings. The molecule has 0 bridgehead atoms. The van der Waals surface area contributed by atoms with Crippen LogP contribution in [0.2, 0.25) is 5.02 Å². The smallest absolute Gasteiger partial charge is 0.303 e. The zero-order valence-corrected chi connectivity index (χ0v) is 17.9. The number of carboxylic acids is 1. The van der Waals surface area contributed by atoms with Crippen LogP contribution in [-0.2, 0) is 31.3 Å². The number of hydrogen-bond donors (Lipinski definition) is 3. The maximum atomic E-state index is 14.2. The van der Waals surface area contributed by atoms with Crippen LogP contribution >= 0.6 is 11.6 Å². The number of amides is 3. The molecule has 3 N–H and O–H groups in total. The first-order valence-electron chi connectivity index (χ1n) is 10.4. The number of anilines is 1. The van der Waals surface area contributed by atoms with E-state index in [2.05, 4.69) is 10.6 Å². The highest BCUT2D eigenvalue weighted by Crippen LogP contribution is 2.53. The normalized spacial score (nSPS) is 27.8. The third-order valence-electron chi connectivity index (χ3n) is 6.72. The summed E-state index contributed by atoms with van der Waals surface area (Å²) in [5, 5.41) is 15.3. The first kappa shape index (κ1) is 21.5. The number of imide groups is 1. The number of likely N-dealkylation sites (tertiary alicyclic amines) is 1. The molecule has 0 aliphatic carbocycles. The van der Waals surface area contributed by atoms with Gasteiger partial charge in [-0.25, -0.2) is 4.39 Å². The fourth-order valence-corrected chi connectivity index (χ4v) is 5.51. The van der Waals surface area contributed by atoms with Crippen LogP contribution in [0.25, 0.3) is 0 Å². The topological polar surface area (TPSA) is 116 Å². The number of aliphatic carboxylic acids is 1. The first-order valence-corrected chi connectivity index (χ1v) is 10.8. The van der Waals surface area contributed by atoms with Crippen molar-refractivity contribution in [1.82, 2.24) is 10.2 Å². The van der Waals surface area contributed by atoms with Crippen LogP contribution in [0.15, 0.2) is 42.5 Å². The van der Waals surface area contributed by atoms with Crippen molar-refractivity contribution in [3.05, 3.63) is 64.4 Å². The van der Waals surface area contributed by atoms with E-state index >= 15 is 0 Å². The largest absolute Gasteiger partial charge is 0.481 e. The van der Waals surface area contributed by atoms with Crippen molar-refractivity contribution < 1.29 is 28.7 Å². The molecule has 5 rings (SSSR count). The second-order valence-electron chi connectivity index (χ2n) is 8.49. The monoisotopic (exact) mass is 471 g/mol. The number of hydrogen-bond acceptors (Lipinski definition) is 5. The van der Waals surface area contributed by atoms with Gasteiger partial charge in [0.25, 0.3) is 0 Å². The Balaban J connectivity index is 1.60. The standard InChI is InChI=1S/C23H19ClFN3O5/c24-14-4-2-1-3-11(14)10-28-20(31)18-16(7-8-17(29)30)27-23(19(18)21(28)32)13-9-12(25)5-6-15(13)26-22(23)33/h1-6,9,16,18-19,27H,7-8,10H2,(H,26,33)(H,29,30)/t16?,18-,19+,23?/m1/s1. The van der Waals surface area contributed by atoms with Crippen LogP contribution in [0.4, 0.5) is 10.1 Å². The second-order valence-corrected chi connectivity index (χ2v) is 8.90. The molecule has 2 unspecified atom stereocenters. The Morgan fingerprint density at radius 2 is 1.91 bits per heavy atom. The van der Waals surface area contributed by atoms with Crippen molar-refractivity contribution in [3.8, 4) is 0 Å². The Morgan fingerprint density at radius 1 is 1.15 bits per heavy atom. The fourth-order valence-electron chi connectivity index (χ4n) is 5.31. The number of fused-ring (bicyclic) bond motifs is 4.